The van der Waals surface area contributed by atoms with Gasteiger partial charge in [0.25, 0.3) is 5.91 Å². The molecule has 1 aromatic heterocycles. The Bertz CT molecular complexity index is 871. The average Bonchev–Trinajstić information content (AvgIpc) is 3.15. The monoisotopic (exact) mass is 335 g/mol. The molecule has 1 heterocycles. The van der Waals surface area contributed by atoms with Crippen molar-refractivity contribution in [2.75, 3.05) is 7.05 Å². The summed E-state index contributed by atoms with van der Waals surface area (Å²) in [5.74, 6) is -0.0178. The molecule has 0 fully saturated rings. The molecular formula is C19H21N5O. The van der Waals surface area contributed by atoms with E-state index in [2.05, 4.69) is 47.6 Å². The molecule has 1 atom stereocenters. The highest BCUT2D eigenvalue weighted by Gasteiger charge is 2.20. The summed E-state index contributed by atoms with van der Waals surface area (Å²) < 4.78 is 1.55. The molecule has 0 N–H and O–H groups in total. The summed E-state index contributed by atoms with van der Waals surface area (Å²) in [4.78, 5) is 14.6. The summed E-state index contributed by atoms with van der Waals surface area (Å²) in [6.07, 6.45) is 1.52. The van der Waals surface area contributed by atoms with E-state index in [0.29, 0.717) is 5.56 Å². The van der Waals surface area contributed by atoms with Gasteiger partial charge in [-0.1, -0.05) is 23.8 Å². The number of carbonyl (C=O) groups is 1. The van der Waals surface area contributed by atoms with Crippen molar-refractivity contribution < 1.29 is 4.79 Å². The minimum atomic E-state index is -0.0178. The van der Waals surface area contributed by atoms with Crippen LogP contribution in [0, 0.1) is 13.8 Å². The van der Waals surface area contributed by atoms with E-state index in [0.717, 1.165) is 11.3 Å². The second-order valence-corrected chi connectivity index (χ2v) is 6.25. The fourth-order valence-electron chi connectivity index (χ4n) is 2.92. The van der Waals surface area contributed by atoms with Crippen LogP contribution in [0.25, 0.3) is 5.69 Å². The highest BCUT2D eigenvalue weighted by atomic mass is 16.2. The third kappa shape index (κ3) is 3.42. The van der Waals surface area contributed by atoms with Gasteiger partial charge in [-0.15, -0.1) is 5.10 Å². The first-order valence-corrected chi connectivity index (χ1v) is 8.15. The zero-order valence-corrected chi connectivity index (χ0v) is 14.8. The van der Waals surface area contributed by atoms with Crippen molar-refractivity contribution in [3.8, 4) is 5.69 Å². The van der Waals surface area contributed by atoms with Crippen molar-refractivity contribution in [1.29, 1.82) is 0 Å². The Balaban J connectivity index is 1.79. The number of nitrogens with zero attached hydrogens (tertiary/aromatic N) is 5. The quantitative estimate of drug-likeness (QED) is 0.735. The Kier molecular flexibility index (Phi) is 4.61. The van der Waals surface area contributed by atoms with Crippen LogP contribution in [0.1, 0.15) is 40.0 Å². The van der Waals surface area contributed by atoms with Gasteiger partial charge in [-0.25, -0.2) is 4.68 Å². The van der Waals surface area contributed by atoms with E-state index in [4.69, 9.17) is 0 Å². The molecule has 6 nitrogen and oxygen atoms in total. The van der Waals surface area contributed by atoms with Crippen molar-refractivity contribution in [1.82, 2.24) is 25.1 Å². The molecule has 0 aliphatic heterocycles. The molecule has 3 aromatic rings. The molecule has 128 valence electrons. The van der Waals surface area contributed by atoms with E-state index in [9.17, 15) is 4.79 Å². The van der Waals surface area contributed by atoms with E-state index >= 15 is 0 Å². The second kappa shape index (κ2) is 6.84. The standard InChI is InChI=1S/C19H21N5O/c1-13-5-10-18(14(2)11-13)15(3)23(4)19(25)16-6-8-17(9-7-16)24-12-20-21-22-24/h5-12,15H,1-4H3. The third-order valence-corrected chi connectivity index (χ3v) is 4.50. The Labute approximate surface area is 147 Å². The fourth-order valence-corrected chi connectivity index (χ4v) is 2.92. The van der Waals surface area contributed by atoms with Crippen LogP contribution in [0.3, 0.4) is 0 Å². The molecule has 0 aliphatic carbocycles. The lowest BCUT2D eigenvalue weighted by atomic mass is 9.99. The van der Waals surface area contributed by atoms with Crippen LogP contribution in [0.15, 0.2) is 48.8 Å². The Morgan fingerprint density at radius 1 is 1.12 bits per heavy atom. The number of tetrazole rings is 1. The van der Waals surface area contributed by atoms with Gasteiger partial charge in [-0.3, -0.25) is 4.79 Å². The number of hydrogen-bond donors (Lipinski definition) is 0. The molecule has 0 saturated carbocycles. The normalized spacial score (nSPS) is 12.0. The highest BCUT2D eigenvalue weighted by Crippen LogP contribution is 2.24. The summed E-state index contributed by atoms with van der Waals surface area (Å²) in [6.45, 7) is 6.20. The largest absolute Gasteiger partial charge is 0.335 e. The maximum absolute atomic E-state index is 12.8. The molecule has 1 amide bonds. The lowest BCUT2D eigenvalue weighted by Crippen LogP contribution is -2.30. The number of aryl methyl sites for hydroxylation is 2. The zero-order chi connectivity index (χ0) is 18.0. The van der Waals surface area contributed by atoms with E-state index in [-0.39, 0.29) is 11.9 Å². The molecule has 0 radical (unpaired) electrons. The molecule has 0 aliphatic rings. The van der Waals surface area contributed by atoms with Gasteiger partial charge in [0, 0.05) is 12.6 Å². The molecule has 0 saturated heterocycles. The van der Waals surface area contributed by atoms with Crippen molar-refractivity contribution in [2.45, 2.75) is 26.8 Å². The number of hydrogen-bond acceptors (Lipinski definition) is 4. The van der Waals surface area contributed by atoms with Gasteiger partial charge in [-0.2, -0.15) is 0 Å². The second-order valence-electron chi connectivity index (χ2n) is 6.25. The van der Waals surface area contributed by atoms with Crippen LogP contribution in [-0.2, 0) is 0 Å². The Morgan fingerprint density at radius 2 is 1.84 bits per heavy atom. The van der Waals surface area contributed by atoms with Crippen LogP contribution in [-0.4, -0.2) is 38.1 Å². The maximum Gasteiger partial charge on any atom is 0.254 e. The molecule has 6 heteroatoms. The predicted octanol–water partition coefficient (Wildman–Crippen LogP) is 3.11. The van der Waals surface area contributed by atoms with Crippen LogP contribution in [0.5, 0.6) is 0 Å². The lowest BCUT2D eigenvalue weighted by molar-refractivity contribution is 0.0742. The van der Waals surface area contributed by atoms with Gasteiger partial charge in [0.1, 0.15) is 6.33 Å². The summed E-state index contributed by atoms with van der Waals surface area (Å²) >= 11 is 0. The van der Waals surface area contributed by atoms with E-state index < -0.39 is 0 Å². The summed E-state index contributed by atoms with van der Waals surface area (Å²) in [6, 6.07) is 13.6. The number of carbonyl (C=O) groups excluding carboxylic acids is 1. The maximum atomic E-state index is 12.8. The van der Waals surface area contributed by atoms with Crippen molar-refractivity contribution in [3.05, 3.63) is 71.0 Å². The highest BCUT2D eigenvalue weighted by molar-refractivity contribution is 5.94. The number of amides is 1. The topological polar surface area (TPSA) is 63.9 Å². The minimum Gasteiger partial charge on any atom is -0.335 e. The molecule has 1 unspecified atom stereocenters. The Morgan fingerprint density at radius 3 is 2.44 bits per heavy atom. The van der Waals surface area contributed by atoms with Crippen LogP contribution >= 0.6 is 0 Å². The van der Waals surface area contributed by atoms with Crippen molar-refractivity contribution >= 4 is 5.91 Å². The average molecular weight is 335 g/mol. The van der Waals surface area contributed by atoms with Crippen LogP contribution < -0.4 is 0 Å². The lowest BCUT2D eigenvalue weighted by Gasteiger charge is -2.27. The van der Waals surface area contributed by atoms with Crippen LogP contribution in [0.4, 0.5) is 0 Å². The SMILES string of the molecule is Cc1ccc(C(C)N(C)C(=O)c2ccc(-n3cnnn3)cc2)c(C)c1. The smallest absolute Gasteiger partial charge is 0.254 e. The van der Waals surface area contributed by atoms with Crippen molar-refractivity contribution in [3.63, 3.8) is 0 Å². The number of benzene rings is 2. The third-order valence-electron chi connectivity index (χ3n) is 4.50. The van der Waals surface area contributed by atoms with Gasteiger partial charge in [0.15, 0.2) is 0 Å². The van der Waals surface area contributed by atoms with Gasteiger partial charge >= 0.3 is 0 Å². The summed E-state index contributed by atoms with van der Waals surface area (Å²) in [7, 11) is 1.83. The molecule has 0 bridgehead atoms. The van der Waals surface area contributed by atoms with Gasteiger partial charge in [0.05, 0.1) is 11.7 Å². The van der Waals surface area contributed by atoms with Gasteiger partial charge in [0.2, 0.25) is 0 Å². The first-order valence-electron chi connectivity index (χ1n) is 8.15. The summed E-state index contributed by atoms with van der Waals surface area (Å²) in [5, 5.41) is 11.1. The van der Waals surface area contributed by atoms with Crippen molar-refractivity contribution in [2.24, 2.45) is 0 Å². The fraction of sp³-hybridized carbons (Fsp3) is 0.263. The first kappa shape index (κ1) is 16.8. The van der Waals surface area contributed by atoms with E-state index in [1.807, 2.05) is 26.1 Å². The molecule has 3 rings (SSSR count). The Hall–Kier alpha value is -3.02. The zero-order valence-electron chi connectivity index (χ0n) is 14.8. The molecule has 0 spiro atoms. The first-order chi connectivity index (χ1) is 12.0. The van der Waals surface area contributed by atoms with Crippen LogP contribution in [0.2, 0.25) is 0 Å². The number of rotatable bonds is 4. The molecule has 2 aromatic carbocycles. The molecule has 25 heavy (non-hydrogen) atoms. The van der Waals surface area contributed by atoms with E-state index in [1.54, 1.807) is 21.7 Å². The molecular weight excluding hydrogens is 314 g/mol. The van der Waals surface area contributed by atoms with Gasteiger partial charge < -0.3 is 4.90 Å². The predicted molar refractivity (Wildman–Crippen MR) is 95.6 cm³/mol. The van der Waals surface area contributed by atoms with Gasteiger partial charge in [-0.05, 0) is 66.6 Å². The van der Waals surface area contributed by atoms with E-state index in [1.165, 1.54) is 17.5 Å². The summed E-state index contributed by atoms with van der Waals surface area (Å²) in [5.41, 5.74) is 5.02. The minimum absolute atomic E-state index is 0.00714. The number of aromatic nitrogens is 4.